The number of rotatable bonds is 5. The molecular formula is C13H15ClFNO3. The lowest BCUT2D eigenvalue weighted by Gasteiger charge is -2.23. The van der Waals surface area contributed by atoms with Crippen molar-refractivity contribution in [3.8, 4) is 0 Å². The molecule has 19 heavy (non-hydrogen) atoms. The van der Waals surface area contributed by atoms with Gasteiger partial charge in [-0.1, -0.05) is 18.5 Å². The van der Waals surface area contributed by atoms with E-state index in [-0.39, 0.29) is 17.1 Å². The molecule has 104 valence electrons. The maximum Gasteiger partial charge on any atom is 0.311 e. The predicted octanol–water partition coefficient (Wildman–Crippen LogP) is 2.71. The average Bonchev–Trinajstić information content (AvgIpc) is 2.35. The Morgan fingerprint density at radius 3 is 2.58 bits per heavy atom. The molecule has 0 saturated carbocycles. The molecule has 4 nitrogen and oxygen atoms in total. The van der Waals surface area contributed by atoms with Crippen molar-refractivity contribution < 1.29 is 19.1 Å². The average molecular weight is 288 g/mol. The van der Waals surface area contributed by atoms with Crippen LogP contribution in [0.3, 0.4) is 0 Å². The molecule has 0 bridgehead atoms. The Kier molecular flexibility index (Phi) is 4.89. The van der Waals surface area contributed by atoms with E-state index in [9.17, 15) is 14.0 Å². The van der Waals surface area contributed by atoms with Gasteiger partial charge in [-0.05, 0) is 31.5 Å². The van der Waals surface area contributed by atoms with Crippen molar-refractivity contribution in [1.82, 2.24) is 5.32 Å². The van der Waals surface area contributed by atoms with Gasteiger partial charge in [0.2, 0.25) is 0 Å². The number of halogens is 2. The summed E-state index contributed by atoms with van der Waals surface area (Å²) in [4.78, 5) is 22.9. The summed E-state index contributed by atoms with van der Waals surface area (Å²) in [5.74, 6) is -2.04. The smallest absolute Gasteiger partial charge is 0.311 e. The van der Waals surface area contributed by atoms with Crippen LogP contribution in [0.4, 0.5) is 4.39 Å². The van der Waals surface area contributed by atoms with E-state index in [4.69, 9.17) is 16.7 Å². The van der Waals surface area contributed by atoms with E-state index in [2.05, 4.69) is 5.32 Å². The molecule has 1 aromatic rings. The second-order valence-electron chi connectivity index (χ2n) is 4.53. The van der Waals surface area contributed by atoms with Crippen LogP contribution in [-0.2, 0) is 4.79 Å². The Morgan fingerprint density at radius 1 is 1.47 bits per heavy atom. The highest BCUT2D eigenvalue weighted by Gasteiger charge is 2.31. The maximum absolute atomic E-state index is 12.9. The molecule has 0 aliphatic heterocycles. The van der Waals surface area contributed by atoms with Gasteiger partial charge in [-0.2, -0.15) is 0 Å². The topological polar surface area (TPSA) is 66.4 Å². The molecule has 1 amide bonds. The fraction of sp³-hybridized carbons (Fsp3) is 0.385. The molecule has 0 spiro atoms. The van der Waals surface area contributed by atoms with Gasteiger partial charge < -0.3 is 10.4 Å². The lowest BCUT2D eigenvalue weighted by molar-refractivity contribution is -0.147. The van der Waals surface area contributed by atoms with Gasteiger partial charge in [0.25, 0.3) is 5.91 Å². The van der Waals surface area contributed by atoms with Crippen LogP contribution in [-0.4, -0.2) is 23.5 Å². The predicted molar refractivity (Wildman–Crippen MR) is 69.8 cm³/mol. The minimum atomic E-state index is -1.04. The largest absolute Gasteiger partial charge is 0.481 e. The Hall–Kier alpha value is -1.62. The summed E-state index contributed by atoms with van der Waals surface area (Å²) in [5, 5.41) is 11.6. The molecular weight excluding hydrogens is 273 g/mol. The summed E-state index contributed by atoms with van der Waals surface area (Å²) in [5.41, 5.74) is -0.922. The highest BCUT2D eigenvalue weighted by molar-refractivity contribution is 6.33. The Labute approximate surface area is 115 Å². The zero-order chi connectivity index (χ0) is 14.6. The number of carbonyl (C=O) groups is 2. The number of aliphatic carboxylic acids is 1. The lowest BCUT2D eigenvalue weighted by Crippen LogP contribution is -2.40. The maximum atomic E-state index is 12.9. The van der Waals surface area contributed by atoms with Crippen LogP contribution in [0.2, 0.25) is 5.02 Å². The number of amides is 1. The lowest BCUT2D eigenvalue weighted by atomic mass is 9.87. The van der Waals surface area contributed by atoms with Gasteiger partial charge in [-0.15, -0.1) is 0 Å². The first-order valence-electron chi connectivity index (χ1n) is 5.77. The summed E-state index contributed by atoms with van der Waals surface area (Å²) in [6.07, 6.45) is 0.375. The minimum absolute atomic E-state index is 0.00831. The zero-order valence-electron chi connectivity index (χ0n) is 10.7. The van der Waals surface area contributed by atoms with Crippen LogP contribution in [0.25, 0.3) is 0 Å². The molecule has 0 aliphatic rings. The van der Waals surface area contributed by atoms with Gasteiger partial charge in [0.15, 0.2) is 0 Å². The third-order valence-corrected chi connectivity index (χ3v) is 3.42. The van der Waals surface area contributed by atoms with Crippen molar-refractivity contribution in [2.24, 2.45) is 5.41 Å². The first-order valence-corrected chi connectivity index (χ1v) is 6.14. The van der Waals surface area contributed by atoms with Gasteiger partial charge in [0.05, 0.1) is 16.0 Å². The number of hydrogen-bond donors (Lipinski definition) is 2. The molecule has 2 N–H and O–H groups in total. The van der Waals surface area contributed by atoms with Crippen LogP contribution in [0.15, 0.2) is 18.2 Å². The van der Waals surface area contributed by atoms with Crippen LogP contribution in [0, 0.1) is 11.2 Å². The summed E-state index contributed by atoms with van der Waals surface area (Å²) in [6, 6.07) is 3.42. The van der Waals surface area contributed by atoms with Crippen LogP contribution in [0.5, 0.6) is 0 Å². The first-order chi connectivity index (χ1) is 8.80. The summed E-state index contributed by atoms with van der Waals surface area (Å²) in [6.45, 7) is 3.25. The van der Waals surface area contributed by atoms with Crippen LogP contribution < -0.4 is 5.32 Å². The highest BCUT2D eigenvalue weighted by atomic mass is 35.5. The molecule has 1 aromatic carbocycles. The number of carboxylic acid groups (broad SMARTS) is 1. The SMILES string of the molecule is CCC(C)(CNC(=O)c1ccc(F)cc1Cl)C(=O)O. The van der Waals surface area contributed by atoms with Crippen molar-refractivity contribution in [3.63, 3.8) is 0 Å². The van der Waals surface area contributed by atoms with Crippen LogP contribution in [0.1, 0.15) is 30.6 Å². The summed E-state index contributed by atoms with van der Waals surface area (Å²) in [7, 11) is 0. The van der Waals surface area contributed by atoms with Crippen LogP contribution >= 0.6 is 11.6 Å². The number of carboxylic acids is 1. The molecule has 1 unspecified atom stereocenters. The van der Waals surface area contributed by atoms with Gasteiger partial charge in [-0.3, -0.25) is 9.59 Å². The van der Waals surface area contributed by atoms with Crippen molar-refractivity contribution in [1.29, 1.82) is 0 Å². The van der Waals surface area contributed by atoms with Gasteiger partial charge in [0, 0.05) is 6.54 Å². The monoisotopic (exact) mass is 287 g/mol. The quantitative estimate of drug-likeness (QED) is 0.875. The molecule has 0 fully saturated rings. The molecule has 0 saturated heterocycles. The third kappa shape index (κ3) is 3.67. The second kappa shape index (κ2) is 6.02. The van der Waals surface area contributed by atoms with E-state index in [1.807, 2.05) is 0 Å². The van der Waals surface area contributed by atoms with Gasteiger partial charge >= 0.3 is 5.97 Å². The molecule has 0 radical (unpaired) electrons. The minimum Gasteiger partial charge on any atom is -0.481 e. The van der Waals surface area contributed by atoms with E-state index < -0.39 is 23.1 Å². The molecule has 0 aliphatic carbocycles. The number of nitrogens with one attached hydrogen (secondary N) is 1. The fourth-order valence-electron chi connectivity index (χ4n) is 1.40. The molecule has 6 heteroatoms. The van der Waals surface area contributed by atoms with Crippen molar-refractivity contribution >= 4 is 23.5 Å². The molecule has 0 aromatic heterocycles. The Morgan fingerprint density at radius 2 is 2.11 bits per heavy atom. The number of benzene rings is 1. The van der Waals surface area contributed by atoms with E-state index in [1.54, 1.807) is 13.8 Å². The van der Waals surface area contributed by atoms with E-state index in [0.717, 1.165) is 12.1 Å². The molecule has 1 atom stereocenters. The normalized spacial score (nSPS) is 13.7. The standard InChI is InChI=1S/C13H15ClFNO3/c1-3-13(2,12(18)19)7-16-11(17)9-5-4-8(15)6-10(9)14/h4-6H,3,7H2,1-2H3,(H,16,17)(H,18,19). The van der Waals surface area contributed by atoms with Crippen molar-refractivity contribution in [3.05, 3.63) is 34.6 Å². The Balaban J connectivity index is 2.78. The third-order valence-electron chi connectivity index (χ3n) is 3.11. The first kappa shape index (κ1) is 15.4. The van der Waals surface area contributed by atoms with Crippen molar-refractivity contribution in [2.45, 2.75) is 20.3 Å². The van der Waals surface area contributed by atoms with Gasteiger partial charge in [0.1, 0.15) is 5.82 Å². The van der Waals surface area contributed by atoms with E-state index >= 15 is 0 Å². The van der Waals surface area contributed by atoms with E-state index in [1.165, 1.54) is 6.07 Å². The number of hydrogen-bond acceptors (Lipinski definition) is 2. The molecule has 1 rings (SSSR count). The second-order valence-corrected chi connectivity index (χ2v) is 4.93. The molecule has 0 heterocycles. The number of carbonyl (C=O) groups excluding carboxylic acids is 1. The zero-order valence-corrected chi connectivity index (χ0v) is 11.4. The van der Waals surface area contributed by atoms with E-state index in [0.29, 0.717) is 6.42 Å². The fourth-order valence-corrected chi connectivity index (χ4v) is 1.65. The Bertz CT molecular complexity index is 507. The summed E-state index contributed by atoms with van der Waals surface area (Å²) < 4.78 is 12.9. The van der Waals surface area contributed by atoms with Gasteiger partial charge in [-0.25, -0.2) is 4.39 Å². The highest BCUT2D eigenvalue weighted by Crippen LogP contribution is 2.21. The van der Waals surface area contributed by atoms with Crippen molar-refractivity contribution in [2.75, 3.05) is 6.54 Å². The summed E-state index contributed by atoms with van der Waals surface area (Å²) >= 11 is 5.75.